The summed E-state index contributed by atoms with van der Waals surface area (Å²) in [5, 5.41) is 9.98. The Labute approximate surface area is 208 Å². The molecule has 2 heterocycles. The van der Waals surface area contributed by atoms with Gasteiger partial charge in [0.1, 0.15) is 11.7 Å². The van der Waals surface area contributed by atoms with Gasteiger partial charge >= 0.3 is 5.69 Å². The molecule has 3 aromatic carbocycles. The van der Waals surface area contributed by atoms with Crippen molar-refractivity contribution in [2.75, 3.05) is 6.61 Å². The summed E-state index contributed by atoms with van der Waals surface area (Å²) < 4.78 is 14.1. The molecule has 0 spiro atoms. The number of hydrogen-bond donors (Lipinski definition) is 1. The number of aromatic amines is 1. The fourth-order valence-electron chi connectivity index (χ4n) is 4.87. The van der Waals surface area contributed by atoms with E-state index >= 15 is 0 Å². The smallest absolute Gasteiger partial charge is 0.331 e. The van der Waals surface area contributed by atoms with E-state index in [9.17, 15) is 14.9 Å². The number of H-pyrrole nitrogens is 1. The second-order valence-corrected chi connectivity index (χ2v) is 8.75. The molecule has 180 valence electrons. The molecule has 0 aliphatic carbocycles. The molecule has 0 radical (unpaired) electrons. The molecule has 1 aromatic heterocycles. The van der Waals surface area contributed by atoms with Crippen LogP contribution in [-0.2, 0) is 20.8 Å². The molecule has 1 saturated heterocycles. The first kappa shape index (κ1) is 23.5. The summed E-state index contributed by atoms with van der Waals surface area (Å²) in [7, 11) is 0. The molecule has 1 fully saturated rings. The highest BCUT2D eigenvalue weighted by Crippen LogP contribution is 2.42. The summed E-state index contributed by atoms with van der Waals surface area (Å²) in [5.74, 6) is 0. The number of nitrogens with zero attached hydrogens (tertiary/aromatic N) is 2. The zero-order valence-electron chi connectivity index (χ0n) is 19.5. The first-order chi connectivity index (χ1) is 17.6. The topological polar surface area (TPSA) is 97.1 Å². The highest BCUT2D eigenvalue weighted by atomic mass is 16.6. The van der Waals surface area contributed by atoms with Gasteiger partial charge in [0.05, 0.1) is 12.7 Å². The van der Waals surface area contributed by atoms with E-state index in [1.54, 1.807) is 0 Å². The van der Waals surface area contributed by atoms with Gasteiger partial charge in [-0.1, -0.05) is 91.0 Å². The van der Waals surface area contributed by atoms with Gasteiger partial charge in [0.15, 0.2) is 0 Å². The largest absolute Gasteiger partial charge is 0.358 e. The fraction of sp³-hybridized carbons (Fsp3) is 0.207. The third kappa shape index (κ3) is 4.17. The minimum Gasteiger partial charge on any atom is -0.358 e. The average molecular weight is 480 g/mol. The van der Waals surface area contributed by atoms with E-state index in [4.69, 9.17) is 9.47 Å². The molecule has 0 bridgehead atoms. The van der Waals surface area contributed by atoms with Crippen molar-refractivity contribution in [1.29, 1.82) is 5.26 Å². The lowest BCUT2D eigenvalue weighted by Crippen LogP contribution is -2.43. The summed E-state index contributed by atoms with van der Waals surface area (Å²) in [5.41, 5.74) is -0.751. The number of nitriles is 1. The molecular weight excluding hydrogens is 454 g/mol. The van der Waals surface area contributed by atoms with Crippen LogP contribution in [0.5, 0.6) is 0 Å². The molecule has 0 amide bonds. The van der Waals surface area contributed by atoms with Crippen molar-refractivity contribution < 1.29 is 9.47 Å². The van der Waals surface area contributed by atoms with E-state index in [-0.39, 0.29) is 6.61 Å². The van der Waals surface area contributed by atoms with E-state index in [1.807, 2.05) is 91.0 Å². The average Bonchev–Trinajstić information content (AvgIpc) is 3.35. The van der Waals surface area contributed by atoms with Crippen molar-refractivity contribution in [3.05, 3.63) is 141 Å². The van der Waals surface area contributed by atoms with Crippen LogP contribution in [0.3, 0.4) is 0 Å². The third-order valence-corrected chi connectivity index (χ3v) is 6.58. The molecule has 1 aliphatic rings. The van der Waals surface area contributed by atoms with Crippen LogP contribution >= 0.6 is 0 Å². The Hall–Kier alpha value is -4.25. The Morgan fingerprint density at radius 2 is 1.44 bits per heavy atom. The molecule has 1 N–H and O–H groups in total. The molecule has 7 nitrogen and oxygen atoms in total. The molecular formula is C29H25N3O4. The summed E-state index contributed by atoms with van der Waals surface area (Å²) >= 11 is 0. The summed E-state index contributed by atoms with van der Waals surface area (Å²) in [6.45, 7) is 0.181. The Kier molecular flexibility index (Phi) is 6.38. The minimum absolute atomic E-state index is 0.181. The van der Waals surface area contributed by atoms with Crippen molar-refractivity contribution in [3.63, 3.8) is 0 Å². The van der Waals surface area contributed by atoms with Gasteiger partial charge in [-0.15, -0.1) is 0 Å². The van der Waals surface area contributed by atoms with E-state index in [0.29, 0.717) is 12.8 Å². The molecule has 0 unspecified atom stereocenters. The second kappa shape index (κ2) is 9.78. The standard InChI is InChI=1S/C29H25N3O4/c30-21-28(32-19-17-26(33)31-27(32)34)18-16-25(36-28)20-35-29(22-10-4-1-5-11-22,23-12-6-2-7-13-23)24-14-8-3-9-15-24/h1-15,17,19,25H,16,18,20H2,(H,31,33,34)/t25-,28-/m0/s1. The summed E-state index contributed by atoms with van der Waals surface area (Å²) in [6.07, 6.45) is 1.65. The zero-order valence-corrected chi connectivity index (χ0v) is 19.5. The van der Waals surface area contributed by atoms with Gasteiger partial charge in [-0.2, -0.15) is 5.26 Å². The molecule has 1 aliphatic heterocycles. The van der Waals surface area contributed by atoms with Crippen LogP contribution in [-0.4, -0.2) is 22.3 Å². The van der Waals surface area contributed by atoms with Crippen LogP contribution in [0.25, 0.3) is 0 Å². The lowest BCUT2D eigenvalue weighted by atomic mass is 9.80. The number of hydrogen-bond acceptors (Lipinski definition) is 5. The van der Waals surface area contributed by atoms with E-state index < -0.39 is 28.7 Å². The quantitative estimate of drug-likeness (QED) is 0.406. The Morgan fingerprint density at radius 3 is 1.92 bits per heavy atom. The first-order valence-electron chi connectivity index (χ1n) is 11.8. The van der Waals surface area contributed by atoms with Crippen LogP contribution in [0.2, 0.25) is 0 Å². The highest BCUT2D eigenvalue weighted by molar-refractivity contribution is 5.47. The van der Waals surface area contributed by atoms with E-state index in [1.165, 1.54) is 12.3 Å². The minimum atomic E-state index is -1.51. The first-order valence-corrected chi connectivity index (χ1v) is 11.8. The Bertz CT molecular complexity index is 1380. The van der Waals surface area contributed by atoms with Crippen molar-refractivity contribution in [2.45, 2.75) is 30.3 Å². The molecule has 4 aromatic rings. The Balaban J connectivity index is 1.52. The van der Waals surface area contributed by atoms with Gasteiger partial charge in [0.25, 0.3) is 5.56 Å². The lowest BCUT2D eigenvalue weighted by Gasteiger charge is -2.37. The third-order valence-electron chi connectivity index (χ3n) is 6.58. The van der Waals surface area contributed by atoms with Crippen LogP contribution < -0.4 is 11.2 Å². The maximum Gasteiger partial charge on any atom is 0.331 e. The monoisotopic (exact) mass is 479 g/mol. The molecule has 0 saturated carbocycles. The molecule has 7 heteroatoms. The number of aromatic nitrogens is 2. The SMILES string of the molecule is N#C[C@]1(n2ccc(=O)[nH]c2=O)CC[C@@H](COC(c2ccccc2)(c2ccccc2)c2ccccc2)O1. The van der Waals surface area contributed by atoms with Crippen molar-refractivity contribution in [3.8, 4) is 6.07 Å². The zero-order chi connectivity index (χ0) is 25.0. The maximum atomic E-state index is 12.4. The maximum absolute atomic E-state index is 12.4. The number of ether oxygens (including phenoxy) is 2. The van der Waals surface area contributed by atoms with Crippen molar-refractivity contribution >= 4 is 0 Å². The van der Waals surface area contributed by atoms with Gasteiger partial charge in [0, 0.05) is 18.7 Å². The predicted octanol–water partition coefficient (Wildman–Crippen LogP) is 3.90. The van der Waals surface area contributed by atoms with E-state index in [0.717, 1.165) is 21.3 Å². The van der Waals surface area contributed by atoms with Gasteiger partial charge in [0.2, 0.25) is 5.72 Å². The second-order valence-electron chi connectivity index (χ2n) is 8.75. The van der Waals surface area contributed by atoms with E-state index in [2.05, 4.69) is 11.1 Å². The van der Waals surface area contributed by atoms with Gasteiger partial charge < -0.3 is 9.47 Å². The number of benzene rings is 3. The number of rotatable bonds is 7. The van der Waals surface area contributed by atoms with Crippen LogP contribution in [0, 0.1) is 11.3 Å². The fourth-order valence-corrected chi connectivity index (χ4v) is 4.87. The van der Waals surface area contributed by atoms with Crippen LogP contribution in [0.15, 0.2) is 113 Å². The van der Waals surface area contributed by atoms with Gasteiger partial charge in [-0.25, -0.2) is 4.79 Å². The molecule has 5 rings (SSSR count). The van der Waals surface area contributed by atoms with Gasteiger partial charge in [-0.05, 0) is 23.1 Å². The van der Waals surface area contributed by atoms with Crippen molar-refractivity contribution in [2.24, 2.45) is 0 Å². The van der Waals surface area contributed by atoms with Crippen molar-refractivity contribution in [1.82, 2.24) is 9.55 Å². The normalized spacial score (nSPS) is 19.6. The lowest BCUT2D eigenvalue weighted by molar-refractivity contribution is -0.106. The van der Waals surface area contributed by atoms with Crippen LogP contribution in [0.1, 0.15) is 29.5 Å². The Morgan fingerprint density at radius 1 is 0.917 bits per heavy atom. The number of nitrogens with one attached hydrogen (secondary N) is 1. The summed E-state index contributed by atoms with van der Waals surface area (Å²) in [6, 6.07) is 33.3. The highest BCUT2D eigenvalue weighted by Gasteiger charge is 2.45. The van der Waals surface area contributed by atoms with Gasteiger partial charge in [-0.3, -0.25) is 14.3 Å². The summed E-state index contributed by atoms with van der Waals surface area (Å²) in [4.78, 5) is 26.1. The molecule has 2 atom stereocenters. The predicted molar refractivity (Wildman–Crippen MR) is 134 cm³/mol. The van der Waals surface area contributed by atoms with Crippen LogP contribution in [0.4, 0.5) is 0 Å². The molecule has 36 heavy (non-hydrogen) atoms.